The summed E-state index contributed by atoms with van der Waals surface area (Å²) < 4.78 is 10.2. The predicted molar refractivity (Wildman–Crippen MR) is 105 cm³/mol. The van der Waals surface area contributed by atoms with Gasteiger partial charge in [-0.25, -0.2) is 4.79 Å². The molecule has 0 saturated carbocycles. The number of anilines is 1. The van der Waals surface area contributed by atoms with Gasteiger partial charge in [0.05, 0.1) is 7.11 Å². The molecule has 3 rings (SSSR count). The second-order valence-corrected chi connectivity index (χ2v) is 6.30. The molecule has 6 heteroatoms. The lowest BCUT2D eigenvalue weighted by atomic mass is 10.1. The first kappa shape index (κ1) is 19.4. The van der Waals surface area contributed by atoms with Gasteiger partial charge in [-0.05, 0) is 42.8 Å². The van der Waals surface area contributed by atoms with Gasteiger partial charge in [-0.15, -0.1) is 0 Å². The highest BCUT2D eigenvalue weighted by atomic mass is 16.5. The van der Waals surface area contributed by atoms with Crippen LogP contribution >= 0.6 is 0 Å². The molecule has 0 aliphatic carbocycles. The Morgan fingerprint density at radius 2 is 1.86 bits per heavy atom. The van der Waals surface area contributed by atoms with Gasteiger partial charge in [-0.3, -0.25) is 9.59 Å². The molecule has 0 spiro atoms. The Morgan fingerprint density at radius 1 is 1.11 bits per heavy atom. The SMILES string of the molecule is COc1ccccc1/C=C/C(=O)OCC(=O)c1ccc(N2CCCC2=O)cc1. The number of carbonyl (C=O) groups excluding carboxylic acids is 3. The Labute approximate surface area is 163 Å². The molecule has 0 radical (unpaired) electrons. The number of carbonyl (C=O) groups is 3. The number of hydrogen-bond acceptors (Lipinski definition) is 5. The highest BCUT2D eigenvalue weighted by Gasteiger charge is 2.21. The normalized spacial score (nSPS) is 13.8. The van der Waals surface area contributed by atoms with Crippen molar-refractivity contribution in [2.24, 2.45) is 0 Å². The zero-order chi connectivity index (χ0) is 19.9. The van der Waals surface area contributed by atoms with E-state index in [4.69, 9.17) is 9.47 Å². The smallest absolute Gasteiger partial charge is 0.331 e. The van der Waals surface area contributed by atoms with E-state index in [2.05, 4.69) is 0 Å². The zero-order valence-corrected chi connectivity index (χ0v) is 15.6. The summed E-state index contributed by atoms with van der Waals surface area (Å²) in [6.45, 7) is 0.347. The minimum Gasteiger partial charge on any atom is -0.496 e. The fraction of sp³-hybridized carbons (Fsp3) is 0.227. The largest absolute Gasteiger partial charge is 0.496 e. The molecule has 1 fully saturated rings. The summed E-state index contributed by atoms with van der Waals surface area (Å²) >= 11 is 0. The number of amides is 1. The third kappa shape index (κ3) is 4.65. The van der Waals surface area contributed by atoms with E-state index in [0.717, 1.165) is 17.7 Å². The maximum atomic E-state index is 12.2. The summed E-state index contributed by atoms with van der Waals surface area (Å²) in [6.07, 6.45) is 4.23. The number of esters is 1. The fourth-order valence-electron chi connectivity index (χ4n) is 2.98. The van der Waals surface area contributed by atoms with E-state index in [0.29, 0.717) is 24.3 Å². The van der Waals surface area contributed by atoms with Crippen molar-refractivity contribution in [2.45, 2.75) is 12.8 Å². The van der Waals surface area contributed by atoms with Gasteiger partial charge in [0.25, 0.3) is 0 Å². The van der Waals surface area contributed by atoms with Crippen molar-refractivity contribution in [3.8, 4) is 5.75 Å². The number of methoxy groups -OCH3 is 1. The molecule has 0 unspecified atom stereocenters. The summed E-state index contributed by atoms with van der Waals surface area (Å²) in [5.41, 5.74) is 1.94. The Balaban J connectivity index is 1.54. The molecule has 0 N–H and O–H groups in total. The Hall–Kier alpha value is -3.41. The van der Waals surface area contributed by atoms with Gasteiger partial charge in [0.1, 0.15) is 5.75 Å². The number of Topliss-reactive ketones (excluding diaryl/α,β-unsaturated/α-hetero) is 1. The summed E-state index contributed by atoms with van der Waals surface area (Å²) in [5, 5.41) is 0. The monoisotopic (exact) mass is 379 g/mol. The van der Waals surface area contributed by atoms with Crippen LogP contribution in [-0.2, 0) is 14.3 Å². The first-order valence-electron chi connectivity index (χ1n) is 9.00. The maximum Gasteiger partial charge on any atom is 0.331 e. The van der Waals surface area contributed by atoms with E-state index in [-0.39, 0.29) is 18.3 Å². The first-order chi connectivity index (χ1) is 13.6. The van der Waals surface area contributed by atoms with Crippen LogP contribution in [0.2, 0.25) is 0 Å². The molecule has 0 bridgehead atoms. The van der Waals surface area contributed by atoms with Crippen LogP contribution < -0.4 is 9.64 Å². The average molecular weight is 379 g/mol. The molecule has 28 heavy (non-hydrogen) atoms. The van der Waals surface area contributed by atoms with Crippen LogP contribution in [0.25, 0.3) is 6.08 Å². The van der Waals surface area contributed by atoms with E-state index >= 15 is 0 Å². The second kappa shape index (κ2) is 8.99. The summed E-state index contributed by atoms with van der Waals surface area (Å²) in [5.74, 6) is -0.189. The van der Waals surface area contributed by atoms with Crippen molar-refractivity contribution < 1.29 is 23.9 Å². The van der Waals surface area contributed by atoms with Crippen LogP contribution in [0.3, 0.4) is 0 Å². The maximum absolute atomic E-state index is 12.2. The number of rotatable bonds is 7. The Kier molecular flexibility index (Phi) is 6.22. The topological polar surface area (TPSA) is 72.9 Å². The number of hydrogen-bond donors (Lipinski definition) is 0. The third-order valence-corrected chi connectivity index (χ3v) is 4.46. The summed E-state index contributed by atoms with van der Waals surface area (Å²) in [4.78, 5) is 37.6. The molecule has 1 heterocycles. The van der Waals surface area contributed by atoms with Crippen LogP contribution in [0.1, 0.15) is 28.8 Å². The van der Waals surface area contributed by atoms with E-state index in [1.807, 2.05) is 12.1 Å². The van der Waals surface area contributed by atoms with Crippen molar-refractivity contribution in [1.82, 2.24) is 0 Å². The Morgan fingerprint density at radius 3 is 2.54 bits per heavy atom. The van der Waals surface area contributed by atoms with Crippen LogP contribution in [0.4, 0.5) is 5.69 Å². The predicted octanol–water partition coefficient (Wildman–Crippen LogP) is 3.26. The molecule has 1 aliphatic rings. The number of benzene rings is 2. The van der Waals surface area contributed by atoms with E-state index < -0.39 is 5.97 Å². The lowest BCUT2D eigenvalue weighted by molar-refractivity contribution is -0.136. The Bertz CT molecular complexity index is 901. The van der Waals surface area contributed by atoms with Gasteiger partial charge in [0, 0.05) is 35.9 Å². The van der Waals surface area contributed by atoms with E-state index in [1.165, 1.54) is 6.08 Å². The van der Waals surface area contributed by atoms with Crippen molar-refractivity contribution in [3.05, 3.63) is 65.7 Å². The van der Waals surface area contributed by atoms with Crippen molar-refractivity contribution >= 4 is 29.4 Å². The molecule has 144 valence electrons. The summed E-state index contributed by atoms with van der Waals surface area (Å²) in [6, 6.07) is 14.0. The van der Waals surface area contributed by atoms with Crippen LogP contribution in [0.15, 0.2) is 54.6 Å². The third-order valence-electron chi connectivity index (χ3n) is 4.46. The molecule has 2 aromatic rings. The van der Waals surface area contributed by atoms with Gasteiger partial charge in [-0.2, -0.15) is 0 Å². The molecule has 1 aliphatic heterocycles. The summed E-state index contributed by atoms with van der Waals surface area (Å²) in [7, 11) is 1.55. The van der Waals surface area contributed by atoms with Crippen LogP contribution in [0, 0.1) is 0 Å². The van der Waals surface area contributed by atoms with Gasteiger partial charge >= 0.3 is 5.97 Å². The number of ether oxygens (including phenoxy) is 2. The molecular formula is C22H21NO5. The minimum atomic E-state index is -0.612. The lowest BCUT2D eigenvalue weighted by Crippen LogP contribution is -2.23. The van der Waals surface area contributed by atoms with Gasteiger partial charge in [0.2, 0.25) is 5.91 Å². The van der Waals surface area contributed by atoms with Crippen molar-refractivity contribution in [2.75, 3.05) is 25.2 Å². The minimum absolute atomic E-state index is 0.0924. The van der Waals surface area contributed by atoms with Crippen LogP contribution in [-0.4, -0.2) is 37.9 Å². The quantitative estimate of drug-likeness (QED) is 0.419. The van der Waals surface area contributed by atoms with Crippen LogP contribution in [0.5, 0.6) is 5.75 Å². The number of ketones is 1. The number of para-hydroxylation sites is 1. The highest BCUT2D eigenvalue weighted by molar-refractivity contribution is 6.00. The molecule has 0 aromatic heterocycles. The van der Waals surface area contributed by atoms with Gasteiger partial charge in [0.15, 0.2) is 12.4 Å². The zero-order valence-electron chi connectivity index (χ0n) is 15.6. The first-order valence-corrected chi connectivity index (χ1v) is 9.00. The fourth-order valence-corrected chi connectivity index (χ4v) is 2.98. The molecule has 0 atom stereocenters. The molecule has 1 saturated heterocycles. The van der Waals surface area contributed by atoms with Crippen molar-refractivity contribution in [3.63, 3.8) is 0 Å². The van der Waals surface area contributed by atoms with Gasteiger partial charge < -0.3 is 14.4 Å². The molecule has 1 amide bonds. The highest BCUT2D eigenvalue weighted by Crippen LogP contribution is 2.22. The molecule has 6 nitrogen and oxygen atoms in total. The van der Waals surface area contributed by atoms with Gasteiger partial charge in [-0.1, -0.05) is 18.2 Å². The molecule has 2 aromatic carbocycles. The number of nitrogens with zero attached hydrogens (tertiary/aromatic N) is 1. The van der Waals surface area contributed by atoms with E-state index in [1.54, 1.807) is 54.5 Å². The van der Waals surface area contributed by atoms with E-state index in [9.17, 15) is 14.4 Å². The van der Waals surface area contributed by atoms with Crippen molar-refractivity contribution in [1.29, 1.82) is 0 Å². The average Bonchev–Trinajstić information content (AvgIpc) is 3.16. The second-order valence-electron chi connectivity index (χ2n) is 6.30. The standard InChI is InChI=1S/C22H21NO5/c1-27-20-6-3-2-5-17(20)10-13-22(26)28-15-19(24)16-8-11-18(12-9-16)23-14-4-7-21(23)25/h2-3,5-6,8-13H,4,7,14-15H2,1H3/b13-10+. The molecular weight excluding hydrogens is 358 g/mol. The lowest BCUT2D eigenvalue weighted by Gasteiger charge is -2.15.